The molecule has 3 fully saturated rings. The molecule has 4 rings (SSSR count). The Morgan fingerprint density at radius 2 is 2.00 bits per heavy atom. The van der Waals surface area contributed by atoms with E-state index in [1.54, 1.807) is 6.08 Å². The molecule has 4 heterocycles. The first-order chi connectivity index (χ1) is 8.84. The predicted octanol–water partition coefficient (Wildman–Crippen LogP) is 1.65. The van der Waals surface area contributed by atoms with Crippen LogP contribution in [0.4, 0.5) is 0 Å². The highest BCUT2D eigenvalue weighted by atomic mass is 16.2. The maximum absolute atomic E-state index is 12.1. The maximum atomic E-state index is 12.1. The molecule has 0 aliphatic carbocycles. The van der Waals surface area contributed by atoms with Crippen LogP contribution in [-0.4, -0.2) is 47.4 Å². The van der Waals surface area contributed by atoms with Crippen molar-refractivity contribution in [2.75, 3.05) is 19.6 Å². The van der Waals surface area contributed by atoms with Crippen molar-refractivity contribution in [2.45, 2.75) is 44.2 Å². The van der Waals surface area contributed by atoms with Crippen LogP contribution in [0.25, 0.3) is 0 Å². The van der Waals surface area contributed by atoms with E-state index in [4.69, 9.17) is 0 Å². The normalized spacial score (nSPS) is 43.6. The van der Waals surface area contributed by atoms with E-state index in [0.717, 1.165) is 30.8 Å². The standard InChI is InChI=1S/C15H22N2O/c18-14-7-1-6-13-12-5-3-9-16-8-2-4-11(15(12)16)10-17(13)14/h1,7,11-13,15H,2-6,8-10H2/t11-,12-,13+,15+/m0/s1. The fourth-order valence-electron chi connectivity index (χ4n) is 4.95. The van der Waals surface area contributed by atoms with E-state index in [2.05, 4.69) is 15.9 Å². The quantitative estimate of drug-likeness (QED) is 0.649. The molecule has 4 aliphatic rings. The summed E-state index contributed by atoms with van der Waals surface area (Å²) in [6, 6.07) is 1.29. The van der Waals surface area contributed by atoms with Crippen molar-refractivity contribution < 1.29 is 4.79 Å². The van der Waals surface area contributed by atoms with Gasteiger partial charge in [-0.3, -0.25) is 9.69 Å². The SMILES string of the molecule is O=C1C=CC[C@@H]2[C@@H]3CCCN4CCC[C@@H](CN12)[C@H]34. The lowest BCUT2D eigenvalue weighted by atomic mass is 9.68. The monoisotopic (exact) mass is 246 g/mol. The number of fused-ring (bicyclic) bond motifs is 2. The van der Waals surface area contributed by atoms with Crippen LogP contribution in [0.3, 0.4) is 0 Å². The Morgan fingerprint density at radius 3 is 2.89 bits per heavy atom. The zero-order valence-electron chi connectivity index (χ0n) is 10.9. The Balaban J connectivity index is 1.68. The van der Waals surface area contributed by atoms with Crippen molar-refractivity contribution in [1.29, 1.82) is 0 Å². The number of carbonyl (C=O) groups excluding carboxylic acids is 1. The van der Waals surface area contributed by atoms with Gasteiger partial charge >= 0.3 is 0 Å². The van der Waals surface area contributed by atoms with Crippen LogP contribution in [0.1, 0.15) is 32.1 Å². The first-order valence-electron chi connectivity index (χ1n) is 7.56. The Morgan fingerprint density at radius 1 is 1.17 bits per heavy atom. The van der Waals surface area contributed by atoms with Gasteiger partial charge in [0, 0.05) is 18.6 Å². The number of hydrogen-bond donors (Lipinski definition) is 0. The van der Waals surface area contributed by atoms with Crippen molar-refractivity contribution in [3.05, 3.63) is 12.2 Å². The van der Waals surface area contributed by atoms with E-state index in [1.807, 2.05) is 0 Å². The molecule has 18 heavy (non-hydrogen) atoms. The minimum atomic E-state index is 0.271. The van der Waals surface area contributed by atoms with Crippen LogP contribution < -0.4 is 0 Å². The van der Waals surface area contributed by atoms with E-state index in [9.17, 15) is 4.79 Å². The lowest BCUT2D eigenvalue weighted by Crippen LogP contribution is -2.65. The highest BCUT2D eigenvalue weighted by Crippen LogP contribution is 2.43. The minimum Gasteiger partial charge on any atom is -0.335 e. The largest absolute Gasteiger partial charge is 0.335 e. The molecule has 98 valence electrons. The summed E-state index contributed by atoms with van der Waals surface area (Å²) in [5.74, 6) is 1.76. The zero-order chi connectivity index (χ0) is 12.1. The highest BCUT2D eigenvalue weighted by molar-refractivity contribution is 5.88. The van der Waals surface area contributed by atoms with Crippen LogP contribution in [-0.2, 0) is 4.79 Å². The summed E-state index contributed by atoms with van der Waals surface area (Å²) in [7, 11) is 0. The van der Waals surface area contributed by atoms with Gasteiger partial charge in [0.2, 0.25) is 5.91 Å². The van der Waals surface area contributed by atoms with Crippen molar-refractivity contribution in [2.24, 2.45) is 11.8 Å². The lowest BCUT2D eigenvalue weighted by Gasteiger charge is -2.57. The number of nitrogens with zero attached hydrogens (tertiary/aromatic N) is 2. The molecule has 1 amide bonds. The predicted molar refractivity (Wildman–Crippen MR) is 70.1 cm³/mol. The summed E-state index contributed by atoms with van der Waals surface area (Å²) < 4.78 is 0. The van der Waals surface area contributed by atoms with Gasteiger partial charge in [0.15, 0.2) is 0 Å². The fraction of sp³-hybridized carbons (Fsp3) is 0.800. The molecule has 0 aromatic carbocycles. The molecule has 0 spiro atoms. The summed E-state index contributed by atoms with van der Waals surface area (Å²) in [4.78, 5) is 17.0. The average molecular weight is 246 g/mol. The fourth-order valence-corrected chi connectivity index (χ4v) is 4.95. The van der Waals surface area contributed by atoms with Crippen LogP contribution in [0.15, 0.2) is 12.2 Å². The third-order valence-electron chi connectivity index (χ3n) is 5.59. The van der Waals surface area contributed by atoms with Crippen molar-refractivity contribution in [3.63, 3.8) is 0 Å². The second kappa shape index (κ2) is 4.09. The molecule has 0 radical (unpaired) electrons. The van der Waals surface area contributed by atoms with Gasteiger partial charge in [-0.05, 0) is 63.1 Å². The molecule has 3 saturated heterocycles. The Labute approximate surface area is 109 Å². The van der Waals surface area contributed by atoms with Crippen LogP contribution in [0.5, 0.6) is 0 Å². The average Bonchev–Trinajstić information content (AvgIpc) is 2.41. The van der Waals surface area contributed by atoms with Crippen LogP contribution >= 0.6 is 0 Å². The molecule has 0 N–H and O–H groups in total. The third-order valence-corrected chi connectivity index (χ3v) is 5.59. The topological polar surface area (TPSA) is 23.6 Å². The second-order valence-electron chi connectivity index (χ2n) is 6.43. The number of carbonyl (C=O) groups is 1. The van der Waals surface area contributed by atoms with E-state index >= 15 is 0 Å². The zero-order valence-corrected chi connectivity index (χ0v) is 10.9. The molecule has 0 saturated carbocycles. The van der Waals surface area contributed by atoms with Gasteiger partial charge in [-0.1, -0.05) is 6.08 Å². The molecule has 4 atom stereocenters. The lowest BCUT2D eigenvalue weighted by molar-refractivity contribution is -0.141. The molecule has 3 nitrogen and oxygen atoms in total. The third kappa shape index (κ3) is 1.49. The van der Waals surface area contributed by atoms with Crippen LogP contribution in [0.2, 0.25) is 0 Å². The molecule has 0 aromatic rings. The molecule has 0 bridgehead atoms. The van der Waals surface area contributed by atoms with Crippen molar-refractivity contribution in [1.82, 2.24) is 9.80 Å². The Kier molecular flexibility index (Phi) is 2.51. The molecule has 3 heteroatoms. The van der Waals surface area contributed by atoms with Gasteiger partial charge < -0.3 is 4.90 Å². The van der Waals surface area contributed by atoms with E-state index in [0.29, 0.717) is 6.04 Å². The van der Waals surface area contributed by atoms with Crippen molar-refractivity contribution >= 4 is 5.91 Å². The number of amides is 1. The summed E-state index contributed by atoms with van der Waals surface area (Å²) in [6.07, 6.45) is 10.3. The maximum Gasteiger partial charge on any atom is 0.246 e. The second-order valence-corrected chi connectivity index (χ2v) is 6.43. The molecule has 0 unspecified atom stereocenters. The summed E-state index contributed by atoms with van der Waals surface area (Å²) in [6.45, 7) is 3.62. The molecule has 4 aliphatic heterocycles. The van der Waals surface area contributed by atoms with E-state index in [1.165, 1.54) is 38.8 Å². The van der Waals surface area contributed by atoms with Gasteiger partial charge in [-0.25, -0.2) is 0 Å². The smallest absolute Gasteiger partial charge is 0.246 e. The van der Waals surface area contributed by atoms with Crippen LogP contribution in [0, 0.1) is 11.8 Å². The first kappa shape index (κ1) is 11.0. The van der Waals surface area contributed by atoms with Gasteiger partial charge in [0.05, 0.1) is 0 Å². The van der Waals surface area contributed by atoms with Gasteiger partial charge in [0.1, 0.15) is 0 Å². The Hall–Kier alpha value is -0.830. The summed E-state index contributed by atoms with van der Waals surface area (Å²) >= 11 is 0. The molecule has 0 aromatic heterocycles. The summed E-state index contributed by atoms with van der Waals surface area (Å²) in [5.41, 5.74) is 0. The van der Waals surface area contributed by atoms with Gasteiger partial charge in [-0.15, -0.1) is 0 Å². The number of rotatable bonds is 0. The molecular formula is C15H22N2O. The van der Waals surface area contributed by atoms with Crippen molar-refractivity contribution in [3.8, 4) is 0 Å². The number of hydrogen-bond acceptors (Lipinski definition) is 2. The van der Waals surface area contributed by atoms with Gasteiger partial charge in [0.25, 0.3) is 0 Å². The first-order valence-corrected chi connectivity index (χ1v) is 7.56. The Bertz CT molecular complexity index is 390. The van der Waals surface area contributed by atoms with E-state index in [-0.39, 0.29) is 5.91 Å². The molecular weight excluding hydrogens is 224 g/mol. The van der Waals surface area contributed by atoms with Gasteiger partial charge in [-0.2, -0.15) is 0 Å². The summed E-state index contributed by atoms with van der Waals surface area (Å²) in [5, 5.41) is 0. The number of piperidine rings is 3. The minimum absolute atomic E-state index is 0.271. The highest BCUT2D eigenvalue weighted by Gasteiger charge is 2.49. The van der Waals surface area contributed by atoms with E-state index < -0.39 is 0 Å².